The SMILES string of the molecule is CCOc1cc(/C=C2/SC(=O)N(CC(=O)O[C@@H](C)CC)C2=O)ccc1Oc1ccc([N+](=O)[O-])cc1[N+](=O)[O-]. The molecule has 2 aromatic rings. The second kappa shape index (κ2) is 12.2. The van der Waals surface area contributed by atoms with E-state index in [1.807, 2.05) is 6.92 Å². The zero-order chi connectivity index (χ0) is 28.0. The molecule has 0 aromatic heterocycles. The molecular weight excluding hydrogens is 522 g/mol. The maximum absolute atomic E-state index is 12.7. The molecule has 2 aromatic carbocycles. The summed E-state index contributed by atoms with van der Waals surface area (Å²) < 4.78 is 16.4. The normalized spacial score (nSPS) is 14.9. The van der Waals surface area contributed by atoms with E-state index in [-0.39, 0.29) is 34.9 Å². The number of hydrogen-bond acceptors (Lipinski definition) is 11. The topological polar surface area (TPSA) is 168 Å². The fourth-order valence-electron chi connectivity index (χ4n) is 3.20. The van der Waals surface area contributed by atoms with Gasteiger partial charge in [-0.15, -0.1) is 0 Å². The summed E-state index contributed by atoms with van der Waals surface area (Å²) in [5.74, 6) is -1.32. The van der Waals surface area contributed by atoms with Crippen molar-refractivity contribution in [2.75, 3.05) is 13.2 Å². The van der Waals surface area contributed by atoms with Crippen LogP contribution in [-0.4, -0.2) is 51.1 Å². The van der Waals surface area contributed by atoms with Crippen molar-refractivity contribution in [3.8, 4) is 17.2 Å². The molecule has 0 N–H and O–H groups in total. The number of ether oxygens (including phenoxy) is 3. The molecule has 13 nitrogen and oxygen atoms in total. The molecule has 1 aliphatic rings. The second-order valence-corrected chi connectivity index (χ2v) is 8.88. The summed E-state index contributed by atoms with van der Waals surface area (Å²) in [6.07, 6.45) is 1.68. The van der Waals surface area contributed by atoms with E-state index in [0.717, 1.165) is 23.1 Å². The lowest BCUT2D eigenvalue weighted by Crippen LogP contribution is -2.35. The quantitative estimate of drug-likeness (QED) is 0.160. The largest absolute Gasteiger partial charge is 0.490 e. The van der Waals surface area contributed by atoms with Gasteiger partial charge in [0.25, 0.3) is 16.8 Å². The Bertz CT molecular complexity index is 1330. The Balaban J connectivity index is 1.85. The molecule has 1 aliphatic heterocycles. The van der Waals surface area contributed by atoms with Gasteiger partial charge in [-0.1, -0.05) is 13.0 Å². The van der Waals surface area contributed by atoms with Crippen LogP contribution in [-0.2, 0) is 14.3 Å². The predicted octanol–water partition coefficient (Wildman–Crippen LogP) is 5.07. The number of rotatable bonds is 11. The number of carbonyl (C=O) groups is 3. The Morgan fingerprint density at radius 2 is 1.76 bits per heavy atom. The van der Waals surface area contributed by atoms with Crippen molar-refractivity contribution in [2.24, 2.45) is 0 Å². The van der Waals surface area contributed by atoms with Crippen LogP contribution in [0.2, 0.25) is 0 Å². The summed E-state index contributed by atoms with van der Waals surface area (Å²) in [5, 5.41) is 21.8. The smallest absolute Gasteiger partial charge is 0.326 e. The monoisotopic (exact) mass is 545 g/mol. The van der Waals surface area contributed by atoms with E-state index in [0.29, 0.717) is 23.7 Å². The number of esters is 1. The number of amides is 2. The van der Waals surface area contributed by atoms with Crippen molar-refractivity contribution in [3.63, 3.8) is 0 Å². The lowest BCUT2D eigenvalue weighted by molar-refractivity contribution is -0.394. The first-order valence-corrected chi connectivity index (χ1v) is 12.2. The van der Waals surface area contributed by atoms with Crippen LogP contribution >= 0.6 is 11.8 Å². The molecule has 1 saturated heterocycles. The average molecular weight is 546 g/mol. The van der Waals surface area contributed by atoms with Crippen molar-refractivity contribution in [3.05, 3.63) is 67.1 Å². The molecule has 0 spiro atoms. The van der Waals surface area contributed by atoms with E-state index in [2.05, 4.69) is 0 Å². The Hall–Kier alpha value is -4.46. The molecule has 0 radical (unpaired) electrons. The molecule has 0 saturated carbocycles. The summed E-state index contributed by atoms with van der Waals surface area (Å²) in [7, 11) is 0. The van der Waals surface area contributed by atoms with Gasteiger partial charge in [0.2, 0.25) is 5.75 Å². The Morgan fingerprint density at radius 3 is 2.39 bits per heavy atom. The fraction of sp³-hybridized carbons (Fsp3) is 0.292. The van der Waals surface area contributed by atoms with Crippen LogP contribution in [0.3, 0.4) is 0 Å². The summed E-state index contributed by atoms with van der Waals surface area (Å²) in [6.45, 7) is 4.94. The molecule has 2 amide bonds. The number of nitrogens with zero attached hydrogens (tertiary/aromatic N) is 3. The molecule has 0 aliphatic carbocycles. The molecule has 1 atom stereocenters. The Kier molecular flexibility index (Phi) is 9.02. The molecule has 0 bridgehead atoms. The zero-order valence-electron chi connectivity index (χ0n) is 20.6. The van der Waals surface area contributed by atoms with Gasteiger partial charge < -0.3 is 14.2 Å². The first kappa shape index (κ1) is 28.1. The highest BCUT2D eigenvalue weighted by atomic mass is 32.2. The van der Waals surface area contributed by atoms with E-state index in [1.165, 1.54) is 24.3 Å². The van der Waals surface area contributed by atoms with Gasteiger partial charge >= 0.3 is 11.7 Å². The van der Waals surface area contributed by atoms with E-state index in [4.69, 9.17) is 14.2 Å². The minimum atomic E-state index is -0.800. The highest BCUT2D eigenvalue weighted by Crippen LogP contribution is 2.39. The Morgan fingerprint density at radius 1 is 1.05 bits per heavy atom. The van der Waals surface area contributed by atoms with Gasteiger partial charge in [-0.3, -0.25) is 39.5 Å². The highest BCUT2D eigenvalue weighted by Gasteiger charge is 2.37. The minimum Gasteiger partial charge on any atom is -0.490 e. The van der Waals surface area contributed by atoms with Gasteiger partial charge in [0, 0.05) is 6.07 Å². The van der Waals surface area contributed by atoms with Crippen LogP contribution in [0.25, 0.3) is 6.08 Å². The lowest BCUT2D eigenvalue weighted by atomic mass is 10.1. The van der Waals surface area contributed by atoms with Crippen molar-refractivity contribution >= 4 is 46.3 Å². The molecule has 3 rings (SSSR count). The van der Waals surface area contributed by atoms with E-state index in [9.17, 15) is 34.6 Å². The van der Waals surface area contributed by atoms with E-state index < -0.39 is 44.9 Å². The van der Waals surface area contributed by atoms with Crippen molar-refractivity contribution in [1.29, 1.82) is 0 Å². The van der Waals surface area contributed by atoms with Crippen molar-refractivity contribution < 1.29 is 38.4 Å². The standard InChI is InChI=1S/C24H23N3O10S/c1-4-14(3)36-22(28)13-25-23(29)21(38-24(25)30)11-15-6-8-19(20(10-15)35-5-2)37-18-9-7-16(26(31)32)12-17(18)27(33)34/h6-12,14H,4-5,13H2,1-3H3/b21-11+/t14-/m0/s1. The third-order valence-electron chi connectivity index (χ3n) is 5.20. The zero-order valence-corrected chi connectivity index (χ0v) is 21.4. The maximum atomic E-state index is 12.7. The maximum Gasteiger partial charge on any atom is 0.326 e. The van der Waals surface area contributed by atoms with Gasteiger partial charge in [0.05, 0.1) is 33.5 Å². The number of thioether (sulfide) groups is 1. The molecule has 38 heavy (non-hydrogen) atoms. The van der Waals surface area contributed by atoms with Gasteiger partial charge in [0.1, 0.15) is 6.54 Å². The summed E-state index contributed by atoms with van der Waals surface area (Å²) in [4.78, 5) is 58.9. The van der Waals surface area contributed by atoms with Crippen LogP contribution in [0.4, 0.5) is 16.2 Å². The summed E-state index contributed by atoms with van der Waals surface area (Å²) in [5.41, 5.74) is -0.621. The number of carbonyl (C=O) groups excluding carboxylic acids is 3. The van der Waals surface area contributed by atoms with Gasteiger partial charge in [-0.25, -0.2) is 0 Å². The number of nitro groups is 2. The minimum absolute atomic E-state index is 0.0773. The second-order valence-electron chi connectivity index (χ2n) is 7.88. The Labute approximate surface area is 220 Å². The van der Waals surface area contributed by atoms with Crippen LogP contribution in [0.5, 0.6) is 17.2 Å². The molecule has 0 unspecified atom stereocenters. The molecular formula is C24H23N3O10S. The number of benzene rings is 2. The first-order valence-electron chi connectivity index (χ1n) is 11.4. The first-order chi connectivity index (χ1) is 18.0. The number of imide groups is 1. The van der Waals surface area contributed by atoms with Crippen LogP contribution < -0.4 is 9.47 Å². The highest BCUT2D eigenvalue weighted by molar-refractivity contribution is 8.18. The third kappa shape index (κ3) is 6.64. The van der Waals surface area contributed by atoms with Crippen LogP contribution in [0, 0.1) is 20.2 Å². The number of non-ortho nitro benzene ring substituents is 1. The van der Waals surface area contributed by atoms with Crippen molar-refractivity contribution in [2.45, 2.75) is 33.3 Å². The molecule has 14 heteroatoms. The van der Waals surface area contributed by atoms with Crippen LogP contribution in [0.15, 0.2) is 41.3 Å². The van der Waals surface area contributed by atoms with E-state index in [1.54, 1.807) is 13.8 Å². The fourth-order valence-corrected chi connectivity index (χ4v) is 4.03. The lowest BCUT2D eigenvalue weighted by Gasteiger charge is -2.15. The molecule has 200 valence electrons. The van der Waals surface area contributed by atoms with Gasteiger partial charge in [-0.2, -0.15) is 0 Å². The predicted molar refractivity (Wildman–Crippen MR) is 136 cm³/mol. The van der Waals surface area contributed by atoms with Gasteiger partial charge in [-0.05, 0) is 61.9 Å². The van der Waals surface area contributed by atoms with Gasteiger partial charge in [0.15, 0.2) is 11.5 Å². The van der Waals surface area contributed by atoms with E-state index >= 15 is 0 Å². The molecule has 1 fully saturated rings. The average Bonchev–Trinajstić information content (AvgIpc) is 3.12. The summed E-state index contributed by atoms with van der Waals surface area (Å²) in [6, 6.07) is 7.45. The van der Waals surface area contributed by atoms with Crippen molar-refractivity contribution in [1.82, 2.24) is 4.90 Å². The summed E-state index contributed by atoms with van der Waals surface area (Å²) >= 11 is 0.667. The third-order valence-corrected chi connectivity index (χ3v) is 6.11. The number of nitro benzene ring substituents is 2. The van der Waals surface area contributed by atoms with Crippen LogP contribution in [0.1, 0.15) is 32.8 Å². The number of hydrogen-bond donors (Lipinski definition) is 0. The molecule has 1 heterocycles.